The lowest BCUT2D eigenvalue weighted by Gasteiger charge is -2.30. The summed E-state index contributed by atoms with van der Waals surface area (Å²) >= 11 is 12.5. The van der Waals surface area contributed by atoms with Crippen LogP contribution in [0.4, 0.5) is 17.6 Å². The van der Waals surface area contributed by atoms with Crippen molar-refractivity contribution >= 4 is 67.9 Å². The molecule has 1 saturated carbocycles. The van der Waals surface area contributed by atoms with Crippen LogP contribution >= 0.6 is 23.2 Å². The number of hydrogen-bond donors (Lipinski definition) is 3. The normalized spacial score (nSPS) is 21.4. The molecule has 3 heterocycles. The zero-order valence-electron chi connectivity index (χ0n) is 20.9. The SMILES string of the molecule is CS(=O)(=O)N1CCC(Nc2ncc3nc(Nc4ccc(Cl)cc4Cl)n([C@H]4CC[C@@H](C(N)=O)CC4)c3n2)CC1. The van der Waals surface area contributed by atoms with E-state index in [9.17, 15) is 13.2 Å². The van der Waals surface area contributed by atoms with E-state index in [-0.39, 0.29) is 23.9 Å². The second kappa shape index (κ2) is 10.8. The van der Waals surface area contributed by atoms with Gasteiger partial charge in [-0.3, -0.25) is 9.36 Å². The second-order valence-corrected chi connectivity index (χ2v) is 12.8. The number of rotatable bonds is 7. The molecule has 0 radical (unpaired) electrons. The highest BCUT2D eigenvalue weighted by Crippen LogP contribution is 2.38. The third-order valence-corrected chi connectivity index (χ3v) is 9.18. The molecule has 11 nitrogen and oxygen atoms in total. The van der Waals surface area contributed by atoms with Crippen LogP contribution < -0.4 is 16.4 Å². The number of nitrogens with two attached hydrogens (primary N) is 1. The number of piperidine rings is 1. The summed E-state index contributed by atoms with van der Waals surface area (Å²) in [6, 6.07) is 5.30. The minimum Gasteiger partial charge on any atom is -0.369 e. The zero-order chi connectivity index (χ0) is 27.0. The fourth-order valence-corrected chi connectivity index (χ4v) is 6.57. The van der Waals surface area contributed by atoms with Crippen LogP contribution in [-0.2, 0) is 14.8 Å². The van der Waals surface area contributed by atoms with E-state index >= 15 is 0 Å². The van der Waals surface area contributed by atoms with Gasteiger partial charge in [0.15, 0.2) is 5.65 Å². The van der Waals surface area contributed by atoms with Gasteiger partial charge in [-0.2, -0.15) is 4.98 Å². The van der Waals surface area contributed by atoms with E-state index in [0.29, 0.717) is 77.6 Å². The molecule has 4 N–H and O–H groups in total. The number of anilines is 3. The molecule has 204 valence electrons. The Bertz CT molecular complexity index is 1450. The Hall–Kier alpha value is -2.67. The van der Waals surface area contributed by atoms with Gasteiger partial charge in [0, 0.05) is 36.1 Å². The molecule has 2 aromatic heterocycles. The average molecular weight is 582 g/mol. The molecule has 1 saturated heterocycles. The maximum Gasteiger partial charge on any atom is 0.224 e. The number of hydrogen-bond acceptors (Lipinski definition) is 8. The summed E-state index contributed by atoms with van der Waals surface area (Å²) in [6.07, 6.45) is 7.11. The van der Waals surface area contributed by atoms with Crippen molar-refractivity contribution in [2.75, 3.05) is 30.0 Å². The van der Waals surface area contributed by atoms with Gasteiger partial charge in [-0.1, -0.05) is 23.2 Å². The molecule has 0 unspecified atom stereocenters. The van der Waals surface area contributed by atoms with Crippen LogP contribution in [0, 0.1) is 5.92 Å². The molecule has 2 aliphatic rings. The third kappa shape index (κ3) is 5.83. The molecular formula is C24H30Cl2N8O3S. The predicted molar refractivity (Wildman–Crippen MR) is 148 cm³/mol. The lowest BCUT2D eigenvalue weighted by Crippen LogP contribution is -2.42. The lowest BCUT2D eigenvalue weighted by atomic mass is 9.85. The fourth-order valence-electron chi connectivity index (χ4n) is 5.24. The Labute approximate surface area is 231 Å². The van der Waals surface area contributed by atoms with Crippen molar-refractivity contribution < 1.29 is 13.2 Å². The van der Waals surface area contributed by atoms with Crippen LogP contribution in [0.3, 0.4) is 0 Å². The summed E-state index contributed by atoms with van der Waals surface area (Å²) < 4.78 is 27.2. The van der Waals surface area contributed by atoms with Crippen molar-refractivity contribution in [3.63, 3.8) is 0 Å². The largest absolute Gasteiger partial charge is 0.369 e. The van der Waals surface area contributed by atoms with Crippen molar-refractivity contribution in [3.8, 4) is 0 Å². The molecule has 0 spiro atoms. The smallest absolute Gasteiger partial charge is 0.224 e. The third-order valence-electron chi connectivity index (χ3n) is 7.33. The highest BCUT2D eigenvalue weighted by molar-refractivity contribution is 7.88. The summed E-state index contributed by atoms with van der Waals surface area (Å²) in [4.78, 5) is 25.8. The average Bonchev–Trinajstić information content (AvgIpc) is 3.22. The van der Waals surface area contributed by atoms with Crippen LogP contribution in [0.2, 0.25) is 10.0 Å². The number of nitrogens with zero attached hydrogens (tertiary/aromatic N) is 5. The van der Waals surface area contributed by atoms with Crippen molar-refractivity contribution in [1.29, 1.82) is 0 Å². The quantitative estimate of drug-likeness (QED) is 0.380. The minimum absolute atomic E-state index is 0.0462. The number of benzene rings is 1. The monoisotopic (exact) mass is 580 g/mol. The number of nitrogens with one attached hydrogen (secondary N) is 2. The van der Waals surface area contributed by atoms with Crippen molar-refractivity contribution in [2.45, 2.75) is 50.6 Å². The first kappa shape index (κ1) is 26.9. The van der Waals surface area contributed by atoms with Crippen molar-refractivity contribution in [2.24, 2.45) is 11.7 Å². The fraction of sp³-hybridized carbons (Fsp3) is 0.500. The van der Waals surface area contributed by atoms with E-state index in [1.54, 1.807) is 24.4 Å². The summed E-state index contributed by atoms with van der Waals surface area (Å²) in [7, 11) is -3.20. The molecule has 0 atom stereocenters. The first-order valence-corrected chi connectivity index (χ1v) is 15.2. The Morgan fingerprint density at radius 2 is 1.79 bits per heavy atom. The number of aromatic nitrogens is 4. The van der Waals surface area contributed by atoms with E-state index in [1.165, 1.54) is 10.6 Å². The Kier molecular flexibility index (Phi) is 7.67. The molecule has 3 aromatic rings. The molecule has 0 bridgehead atoms. The van der Waals surface area contributed by atoms with Gasteiger partial charge in [-0.15, -0.1) is 0 Å². The molecule has 5 rings (SSSR count). The summed E-state index contributed by atoms with van der Waals surface area (Å²) in [5.41, 5.74) is 7.49. The van der Waals surface area contributed by atoms with Crippen molar-refractivity contribution in [3.05, 3.63) is 34.4 Å². The maximum atomic E-state index is 11.8. The van der Waals surface area contributed by atoms with Crippen LogP contribution in [0.5, 0.6) is 0 Å². The van der Waals surface area contributed by atoms with Gasteiger partial charge in [-0.05, 0) is 56.7 Å². The van der Waals surface area contributed by atoms with E-state index in [1.807, 2.05) is 0 Å². The number of imidazole rings is 1. The highest BCUT2D eigenvalue weighted by Gasteiger charge is 2.30. The lowest BCUT2D eigenvalue weighted by molar-refractivity contribution is -0.122. The molecule has 1 aromatic carbocycles. The standard InChI is InChI=1S/C24H30Cl2N8O3S/c1-38(36,37)33-10-8-16(9-11-33)29-23-28-13-20-22(32-23)34(17-5-2-14(3-6-17)21(27)35)24(31-20)30-19-7-4-15(25)12-18(19)26/h4,7,12-14,16-17H,2-3,5-6,8-11H2,1H3,(H2,27,35)(H,30,31)(H,28,29,32)/t14-,17+. The second-order valence-electron chi connectivity index (χ2n) is 9.95. The van der Waals surface area contributed by atoms with Crippen LogP contribution in [0.1, 0.15) is 44.6 Å². The molecule has 2 fully saturated rings. The molecule has 1 aliphatic carbocycles. The molecule has 14 heteroatoms. The maximum absolute atomic E-state index is 11.8. The molecule has 38 heavy (non-hydrogen) atoms. The van der Waals surface area contributed by atoms with Crippen LogP contribution in [0.25, 0.3) is 11.2 Å². The number of amides is 1. The summed E-state index contributed by atoms with van der Waals surface area (Å²) in [6.45, 7) is 0.908. The van der Waals surface area contributed by atoms with Crippen LogP contribution in [0.15, 0.2) is 24.4 Å². The number of halogens is 2. The minimum atomic E-state index is -3.20. The predicted octanol–water partition coefficient (Wildman–Crippen LogP) is 3.93. The Balaban J connectivity index is 1.44. The van der Waals surface area contributed by atoms with E-state index in [4.69, 9.17) is 38.9 Å². The van der Waals surface area contributed by atoms with E-state index in [0.717, 1.165) is 12.8 Å². The van der Waals surface area contributed by atoms with Gasteiger partial charge in [0.25, 0.3) is 0 Å². The topological polar surface area (TPSA) is 148 Å². The summed E-state index contributed by atoms with van der Waals surface area (Å²) in [5.74, 6) is 0.631. The molecule has 1 amide bonds. The van der Waals surface area contributed by atoms with Crippen LogP contribution in [-0.4, -0.2) is 63.5 Å². The first-order valence-electron chi connectivity index (χ1n) is 12.6. The Morgan fingerprint density at radius 3 is 2.42 bits per heavy atom. The van der Waals surface area contributed by atoms with Gasteiger partial charge < -0.3 is 16.4 Å². The molecule has 1 aliphatic heterocycles. The van der Waals surface area contributed by atoms with Gasteiger partial charge in [-0.25, -0.2) is 22.7 Å². The molecular weight excluding hydrogens is 551 g/mol. The number of carbonyl (C=O) groups excluding carboxylic acids is 1. The number of primary amides is 1. The highest BCUT2D eigenvalue weighted by atomic mass is 35.5. The first-order chi connectivity index (χ1) is 18.1. The van der Waals surface area contributed by atoms with Gasteiger partial charge in [0.2, 0.25) is 27.8 Å². The number of carbonyl (C=O) groups is 1. The number of fused-ring (bicyclic) bond motifs is 1. The number of sulfonamides is 1. The zero-order valence-corrected chi connectivity index (χ0v) is 23.2. The van der Waals surface area contributed by atoms with Gasteiger partial charge in [0.05, 0.1) is 23.2 Å². The van der Waals surface area contributed by atoms with Crippen molar-refractivity contribution in [1.82, 2.24) is 23.8 Å². The Morgan fingerprint density at radius 1 is 1.08 bits per heavy atom. The van der Waals surface area contributed by atoms with E-state index in [2.05, 4.69) is 20.2 Å². The van der Waals surface area contributed by atoms with E-state index < -0.39 is 10.0 Å². The van der Waals surface area contributed by atoms with Gasteiger partial charge >= 0.3 is 0 Å². The van der Waals surface area contributed by atoms with Gasteiger partial charge in [0.1, 0.15) is 5.52 Å². The summed E-state index contributed by atoms with van der Waals surface area (Å²) in [5, 5.41) is 7.69.